The number of sulfonamides is 1. The van der Waals surface area contributed by atoms with Gasteiger partial charge < -0.3 is 5.32 Å². The van der Waals surface area contributed by atoms with Crippen molar-refractivity contribution >= 4 is 32.8 Å². The fourth-order valence-electron chi connectivity index (χ4n) is 3.05. The summed E-state index contributed by atoms with van der Waals surface area (Å²) in [5.74, 6) is 0. The minimum absolute atomic E-state index is 0.152. The van der Waals surface area contributed by atoms with Crippen molar-refractivity contribution in [2.75, 3.05) is 16.2 Å². The highest BCUT2D eigenvalue weighted by molar-refractivity contribution is 7.92. The Morgan fingerprint density at radius 3 is 2.39 bits per heavy atom. The first kappa shape index (κ1) is 22.3. The lowest BCUT2D eigenvalue weighted by Gasteiger charge is -2.23. The van der Waals surface area contributed by atoms with Gasteiger partial charge >= 0.3 is 0 Å². The second-order valence-corrected chi connectivity index (χ2v) is 9.77. The van der Waals surface area contributed by atoms with Gasteiger partial charge in [0.2, 0.25) is 0 Å². The fourth-order valence-corrected chi connectivity index (χ4v) is 4.55. The lowest BCUT2D eigenvalue weighted by molar-refractivity contribution is -0.384. The monoisotopic (exact) mass is 443 g/mol. The first-order chi connectivity index (χ1) is 14.5. The highest BCUT2D eigenvalue weighted by Crippen LogP contribution is 2.32. The number of anilines is 3. The van der Waals surface area contributed by atoms with Crippen molar-refractivity contribution in [1.29, 1.82) is 0 Å². The minimum atomic E-state index is -3.98. The molecule has 2 aromatic carbocycles. The van der Waals surface area contributed by atoms with E-state index in [-0.39, 0.29) is 28.4 Å². The van der Waals surface area contributed by atoms with E-state index in [4.69, 9.17) is 0 Å². The Kier molecular flexibility index (Phi) is 6.03. The van der Waals surface area contributed by atoms with Crippen LogP contribution in [0.15, 0.2) is 65.8 Å². The molecule has 1 heterocycles. The third-order valence-corrected chi connectivity index (χ3v) is 6.53. The molecule has 0 unspecified atom stereocenters. The molecule has 3 rings (SSSR count). The molecule has 0 saturated carbocycles. The molecule has 0 spiro atoms. The van der Waals surface area contributed by atoms with Gasteiger partial charge in [0, 0.05) is 18.8 Å². The van der Waals surface area contributed by atoms with E-state index < -0.39 is 14.9 Å². The van der Waals surface area contributed by atoms with Gasteiger partial charge in [-0.15, -0.1) is 0 Å². The number of rotatable bonds is 7. The largest absolute Gasteiger partial charge is 0.347 e. The molecule has 0 atom stereocenters. The number of nitrogens with zero attached hydrogens (tertiary/aromatic N) is 4. The summed E-state index contributed by atoms with van der Waals surface area (Å²) < 4.78 is 29.3. The molecule has 0 saturated heterocycles. The van der Waals surface area contributed by atoms with Gasteiger partial charge in [-0.1, -0.05) is 18.2 Å². The van der Waals surface area contributed by atoms with Crippen LogP contribution in [0.25, 0.3) is 0 Å². The molecule has 1 aromatic heterocycles. The molecule has 0 aliphatic carbocycles. The molecular formula is C21H25N5O4S. The predicted octanol–water partition coefficient (Wildman–Crippen LogP) is 4.51. The lowest BCUT2D eigenvalue weighted by atomic mass is 10.1. The quantitative estimate of drug-likeness (QED) is 0.425. The molecule has 3 aromatic rings. The summed E-state index contributed by atoms with van der Waals surface area (Å²) in [5.41, 5.74) is 0.650. The maximum atomic E-state index is 13.2. The summed E-state index contributed by atoms with van der Waals surface area (Å²) in [7, 11) is -3.98. The number of aromatic nitrogens is 2. The number of nitro groups is 1. The fraction of sp³-hybridized carbons (Fsp3) is 0.286. The SMILES string of the molecule is CCN(c1ccccc1)S(=O)(=O)c1ccc(Nc2cnn(C(C)(C)C)c2)c([N+](=O)[O-])c1. The molecule has 0 bridgehead atoms. The predicted molar refractivity (Wildman–Crippen MR) is 120 cm³/mol. The number of nitrogens with one attached hydrogen (secondary N) is 1. The number of para-hydroxylation sites is 1. The van der Waals surface area contributed by atoms with Crippen LogP contribution in [-0.2, 0) is 15.6 Å². The van der Waals surface area contributed by atoms with Crippen LogP contribution < -0.4 is 9.62 Å². The molecule has 164 valence electrons. The third kappa shape index (κ3) is 4.69. The Balaban J connectivity index is 1.98. The van der Waals surface area contributed by atoms with E-state index in [0.29, 0.717) is 11.4 Å². The van der Waals surface area contributed by atoms with Gasteiger partial charge in [0.05, 0.1) is 32.9 Å². The van der Waals surface area contributed by atoms with Crippen LogP contribution in [-0.4, -0.2) is 29.7 Å². The Morgan fingerprint density at radius 2 is 1.84 bits per heavy atom. The number of benzene rings is 2. The smallest absolute Gasteiger partial charge is 0.294 e. The first-order valence-corrected chi connectivity index (χ1v) is 11.2. The lowest BCUT2D eigenvalue weighted by Crippen LogP contribution is -2.30. The van der Waals surface area contributed by atoms with Crippen molar-refractivity contribution in [2.24, 2.45) is 0 Å². The van der Waals surface area contributed by atoms with Gasteiger partial charge in [0.25, 0.3) is 15.7 Å². The average molecular weight is 444 g/mol. The highest BCUT2D eigenvalue weighted by Gasteiger charge is 2.27. The maximum Gasteiger partial charge on any atom is 0.294 e. The van der Waals surface area contributed by atoms with Crippen LogP contribution in [0.5, 0.6) is 0 Å². The Bertz CT molecular complexity index is 1180. The van der Waals surface area contributed by atoms with E-state index >= 15 is 0 Å². The van der Waals surface area contributed by atoms with E-state index in [9.17, 15) is 18.5 Å². The van der Waals surface area contributed by atoms with Crippen molar-refractivity contribution in [1.82, 2.24) is 9.78 Å². The standard InChI is InChI=1S/C21H25N5O4S/c1-5-24(17-9-7-6-8-10-17)31(29,30)18-11-12-19(20(13-18)26(27)28)23-16-14-22-25(15-16)21(2,3)4/h6-15,23H,5H2,1-4H3. The molecular weight excluding hydrogens is 418 g/mol. The van der Waals surface area contributed by atoms with E-state index in [0.717, 1.165) is 6.07 Å². The van der Waals surface area contributed by atoms with Gasteiger partial charge in [-0.25, -0.2) is 8.42 Å². The molecule has 31 heavy (non-hydrogen) atoms. The molecule has 0 aliphatic heterocycles. The molecule has 0 fully saturated rings. The summed E-state index contributed by atoms with van der Waals surface area (Å²) in [6, 6.07) is 12.5. The summed E-state index contributed by atoms with van der Waals surface area (Å²) >= 11 is 0. The van der Waals surface area contributed by atoms with Gasteiger partial charge in [0.1, 0.15) is 5.69 Å². The van der Waals surface area contributed by atoms with E-state index in [1.807, 2.05) is 20.8 Å². The van der Waals surface area contributed by atoms with Crippen molar-refractivity contribution in [3.8, 4) is 0 Å². The normalized spacial score (nSPS) is 11.9. The van der Waals surface area contributed by atoms with Gasteiger partial charge in [-0.3, -0.25) is 19.1 Å². The molecule has 10 heteroatoms. The van der Waals surface area contributed by atoms with E-state index in [1.54, 1.807) is 54.3 Å². The topological polar surface area (TPSA) is 110 Å². The molecule has 9 nitrogen and oxygen atoms in total. The molecule has 0 radical (unpaired) electrons. The zero-order valence-electron chi connectivity index (χ0n) is 17.8. The average Bonchev–Trinajstić information content (AvgIpc) is 3.18. The number of hydrogen-bond acceptors (Lipinski definition) is 6. The second kappa shape index (κ2) is 8.38. The van der Waals surface area contributed by atoms with Gasteiger partial charge in [0.15, 0.2) is 0 Å². The second-order valence-electron chi connectivity index (χ2n) is 7.91. The van der Waals surface area contributed by atoms with Crippen molar-refractivity contribution in [3.63, 3.8) is 0 Å². The Morgan fingerprint density at radius 1 is 1.16 bits per heavy atom. The van der Waals surface area contributed by atoms with Crippen LogP contribution in [0.3, 0.4) is 0 Å². The summed E-state index contributed by atoms with van der Waals surface area (Å²) in [5, 5.41) is 18.9. The number of nitro benzene ring substituents is 1. The first-order valence-electron chi connectivity index (χ1n) is 9.72. The minimum Gasteiger partial charge on any atom is -0.347 e. The van der Waals surface area contributed by atoms with Crippen molar-refractivity contribution in [3.05, 3.63) is 71.0 Å². The van der Waals surface area contributed by atoms with Crippen molar-refractivity contribution in [2.45, 2.75) is 38.1 Å². The van der Waals surface area contributed by atoms with Crippen LogP contribution in [0.2, 0.25) is 0 Å². The van der Waals surface area contributed by atoms with E-state index in [1.165, 1.54) is 16.4 Å². The Labute approximate surface area is 181 Å². The molecule has 0 amide bonds. The zero-order chi connectivity index (χ0) is 22.8. The summed E-state index contributed by atoms with van der Waals surface area (Å²) in [6.45, 7) is 7.85. The summed E-state index contributed by atoms with van der Waals surface area (Å²) in [6.07, 6.45) is 3.30. The zero-order valence-corrected chi connectivity index (χ0v) is 18.6. The number of hydrogen-bond donors (Lipinski definition) is 1. The van der Waals surface area contributed by atoms with Crippen LogP contribution in [0.4, 0.5) is 22.7 Å². The molecule has 1 N–H and O–H groups in total. The highest BCUT2D eigenvalue weighted by atomic mass is 32.2. The van der Waals surface area contributed by atoms with Crippen LogP contribution >= 0.6 is 0 Å². The van der Waals surface area contributed by atoms with Gasteiger partial charge in [-0.05, 0) is 52.0 Å². The maximum absolute atomic E-state index is 13.2. The van der Waals surface area contributed by atoms with Crippen LogP contribution in [0.1, 0.15) is 27.7 Å². The molecule has 0 aliphatic rings. The summed E-state index contributed by atoms with van der Waals surface area (Å²) in [4.78, 5) is 10.9. The van der Waals surface area contributed by atoms with Crippen LogP contribution in [0, 0.1) is 10.1 Å². The van der Waals surface area contributed by atoms with Gasteiger partial charge in [-0.2, -0.15) is 5.10 Å². The van der Waals surface area contributed by atoms with E-state index in [2.05, 4.69) is 10.4 Å². The van der Waals surface area contributed by atoms with Crippen molar-refractivity contribution < 1.29 is 13.3 Å². The Hall–Kier alpha value is -3.40. The third-order valence-electron chi connectivity index (χ3n) is 4.63.